The molecule has 3 aliphatic rings. The van der Waals surface area contributed by atoms with Gasteiger partial charge in [-0.25, -0.2) is 41.3 Å². The highest BCUT2D eigenvalue weighted by Gasteiger charge is 2.46. The number of aromatic nitrogens is 1. The first-order valence-electron chi connectivity index (χ1n) is 10.5. The first-order valence-corrected chi connectivity index (χ1v) is 11.3. The number of amidine groups is 1. The van der Waals surface area contributed by atoms with Crippen LogP contribution in [-0.4, -0.2) is 40.5 Å². The summed E-state index contributed by atoms with van der Waals surface area (Å²) in [5.41, 5.74) is 6.08. The molecule has 1 unspecified atom stereocenters. The number of nitrogens with two attached hydrogens (primary N) is 1. The predicted octanol–water partition coefficient (Wildman–Crippen LogP) is 4.39. The molecule has 1 aromatic heterocycles. The lowest BCUT2D eigenvalue weighted by atomic mass is 9.82. The summed E-state index contributed by atoms with van der Waals surface area (Å²) in [4.78, 5) is 12.8. The summed E-state index contributed by atoms with van der Waals surface area (Å²) < 4.78 is 80.3. The van der Waals surface area contributed by atoms with Gasteiger partial charge in [0.25, 0.3) is 6.43 Å². The van der Waals surface area contributed by atoms with E-state index in [2.05, 4.69) is 25.6 Å². The Bertz CT molecular complexity index is 883. The Labute approximate surface area is 184 Å². The maximum Gasteiger partial charge on any atom is 0.281 e. The van der Waals surface area contributed by atoms with Gasteiger partial charge in [0.2, 0.25) is 11.8 Å². The highest BCUT2D eigenvalue weighted by Crippen LogP contribution is 2.40. The standard InChI is InChI=1S/C19H24F6N6S/c20-13(21)12-9-32-15(28-12)14-29-16(27-11-3-7-18(24,25)8-4-11)31-19(26,30-14)10-1-5-17(22,23)6-2-10/h9-11,13H,1-8,26H2,(H2,27,29,30,31). The van der Waals surface area contributed by atoms with E-state index < -0.39 is 41.7 Å². The van der Waals surface area contributed by atoms with Gasteiger partial charge in [-0.05, 0) is 25.7 Å². The van der Waals surface area contributed by atoms with Crippen LogP contribution in [0.25, 0.3) is 0 Å². The Kier molecular flexibility index (Phi) is 6.16. The smallest absolute Gasteiger partial charge is 0.281 e. The fourth-order valence-corrected chi connectivity index (χ4v) is 5.00. The lowest BCUT2D eigenvalue weighted by Gasteiger charge is -2.42. The fourth-order valence-electron chi connectivity index (χ4n) is 4.25. The van der Waals surface area contributed by atoms with Crippen molar-refractivity contribution >= 4 is 23.1 Å². The average Bonchev–Trinajstić information content (AvgIpc) is 3.20. The quantitative estimate of drug-likeness (QED) is 0.556. The molecule has 32 heavy (non-hydrogen) atoms. The molecule has 0 radical (unpaired) electrons. The Morgan fingerprint density at radius 1 is 1.03 bits per heavy atom. The van der Waals surface area contributed by atoms with Crippen LogP contribution in [0.4, 0.5) is 26.3 Å². The highest BCUT2D eigenvalue weighted by atomic mass is 32.1. The normalized spacial score (nSPS) is 30.1. The van der Waals surface area contributed by atoms with Crippen LogP contribution in [0.3, 0.4) is 0 Å². The van der Waals surface area contributed by atoms with Crippen molar-refractivity contribution in [3.05, 3.63) is 16.1 Å². The summed E-state index contributed by atoms with van der Waals surface area (Å²) in [7, 11) is 0. The second-order valence-electron chi connectivity index (χ2n) is 8.61. The van der Waals surface area contributed by atoms with Crippen LogP contribution < -0.4 is 16.4 Å². The number of nitrogens with zero attached hydrogens (tertiary/aromatic N) is 3. The second kappa shape index (κ2) is 8.47. The molecule has 2 fully saturated rings. The lowest BCUT2D eigenvalue weighted by Crippen LogP contribution is -2.67. The van der Waals surface area contributed by atoms with E-state index in [1.165, 1.54) is 5.38 Å². The molecule has 4 rings (SSSR count). The molecule has 0 saturated heterocycles. The fraction of sp³-hybridized carbons (Fsp3) is 0.737. The summed E-state index contributed by atoms with van der Waals surface area (Å²) >= 11 is 0.937. The minimum Gasteiger partial charge on any atom is -0.319 e. The predicted molar refractivity (Wildman–Crippen MR) is 108 cm³/mol. The molecule has 0 spiro atoms. The maximum atomic E-state index is 13.7. The van der Waals surface area contributed by atoms with E-state index in [1.807, 2.05) is 0 Å². The Balaban J connectivity index is 1.61. The van der Waals surface area contributed by atoms with Crippen molar-refractivity contribution in [1.29, 1.82) is 0 Å². The molecule has 178 valence electrons. The lowest BCUT2D eigenvalue weighted by molar-refractivity contribution is -0.0554. The van der Waals surface area contributed by atoms with E-state index in [0.29, 0.717) is 0 Å². The summed E-state index contributed by atoms with van der Waals surface area (Å²) in [6, 6.07) is -0.392. The van der Waals surface area contributed by atoms with E-state index >= 15 is 0 Å². The van der Waals surface area contributed by atoms with Crippen molar-refractivity contribution in [3.8, 4) is 0 Å². The van der Waals surface area contributed by atoms with Crippen molar-refractivity contribution < 1.29 is 26.3 Å². The molecular weight excluding hydrogens is 458 g/mol. The van der Waals surface area contributed by atoms with E-state index in [0.717, 1.165) is 11.3 Å². The van der Waals surface area contributed by atoms with E-state index in [4.69, 9.17) is 5.73 Å². The number of hydrogen-bond donors (Lipinski definition) is 3. The number of thiazole rings is 1. The Morgan fingerprint density at radius 2 is 1.62 bits per heavy atom. The van der Waals surface area contributed by atoms with Gasteiger partial charge in [0.15, 0.2) is 22.6 Å². The maximum absolute atomic E-state index is 13.7. The highest BCUT2D eigenvalue weighted by molar-refractivity contribution is 7.11. The number of hydrogen-bond acceptors (Lipinski definition) is 5. The first kappa shape index (κ1) is 23.3. The van der Waals surface area contributed by atoms with E-state index in [-0.39, 0.29) is 68.2 Å². The molecule has 1 atom stereocenters. The summed E-state index contributed by atoms with van der Waals surface area (Å²) in [5, 5.41) is 7.18. The van der Waals surface area contributed by atoms with Crippen LogP contribution in [0.2, 0.25) is 0 Å². The van der Waals surface area contributed by atoms with Crippen LogP contribution in [0.1, 0.15) is 68.5 Å². The molecule has 2 heterocycles. The van der Waals surface area contributed by atoms with Gasteiger partial charge in [-0.1, -0.05) is 0 Å². The van der Waals surface area contributed by atoms with Crippen molar-refractivity contribution in [1.82, 2.24) is 15.6 Å². The topological polar surface area (TPSA) is 87.7 Å². The molecule has 0 aromatic carbocycles. The number of rotatable bonds is 4. The van der Waals surface area contributed by atoms with Gasteiger partial charge >= 0.3 is 0 Å². The number of guanidine groups is 1. The van der Waals surface area contributed by atoms with Crippen molar-refractivity contribution in [2.24, 2.45) is 21.6 Å². The number of nitrogens with one attached hydrogen (secondary N) is 2. The molecule has 6 nitrogen and oxygen atoms in total. The van der Waals surface area contributed by atoms with Crippen molar-refractivity contribution in [3.63, 3.8) is 0 Å². The molecule has 0 bridgehead atoms. The summed E-state index contributed by atoms with van der Waals surface area (Å²) in [6.07, 6.45) is -3.45. The van der Waals surface area contributed by atoms with Crippen molar-refractivity contribution in [2.75, 3.05) is 0 Å². The van der Waals surface area contributed by atoms with E-state index in [9.17, 15) is 26.3 Å². The molecule has 1 aromatic rings. The van der Waals surface area contributed by atoms with Gasteiger partial charge in [0.05, 0.1) is 6.04 Å². The summed E-state index contributed by atoms with van der Waals surface area (Å²) in [5.74, 6) is -7.20. The average molecular weight is 482 g/mol. The van der Waals surface area contributed by atoms with Gasteiger partial charge in [-0.3, -0.25) is 5.73 Å². The van der Waals surface area contributed by atoms with Crippen molar-refractivity contribution in [2.45, 2.75) is 81.5 Å². The van der Waals surface area contributed by atoms with Gasteiger partial charge in [0, 0.05) is 37.0 Å². The second-order valence-corrected chi connectivity index (χ2v) is 9.47. The van der Waals surface area contributed by atoms with Gasteiger partial charge < -0.3 is 10.6 Å². The zero-order chi connectivity index (χ0) is 23.1. The number of alkyl halides is 6. The molecule has 4 N–H and O–H groups in total. The van der Waals surface area contributed by atoms with Gasteiger partial charge in [-0.2, -0.15) is 0 Å². The molecule has 1 aliphatic heterocycles. The first-order chi connectivity index (χ1) is 14.9. The molecule has 2 aliphatic carbocycles. The monoisotopic (exact) mass is 482 g/mol. The molecule has 0 amide bonds. The number of aliphatic imine (C=N–C) groups is 2. The van der Waals surface area contributed by atoms with E-state index in [1.54, 1.807) is 0 Å². The van der Waals surface area contributed by atoms with Crippen LogP contribution >= 0.6 is 11.3 Å². The molecular formula is C19H24F6N6S. The number of halogens is 6. The minimum absolute atomic E-state index is 0.0976. The summed E-state index contributed by atoms with van der Waals surface area (Å²) in [6.45, 7) is 0. The molecule has 2 saturated carbocycles. The Morgan fingerprint density at radius 3 is 2.19 bits per heavy atom. The third kappa shape index (κ3) is 5.19. The van der Waals surface area contributed by atoms with Crippen LogP contribution in [-0.2, 0) is 0 Å². The third-order valence-electron chi connectivity index (χ3n) is 6.14. The third-order valence-corrected chi connectivity index (χ3v) is 7.01. The zero-order valence-electron chi connectivity index (χ0n) is 17.1. The van der Waals surface area contributed by atoms with Gasteiger partial charge in [0.1, 0.15) is 5.69 Å². The minimum atomic E-state index is -2.77. The Hall–Kier alpha value is -1.89. The largest absolute Gasteiger partial charge is 0.319 e. The zero-order valence-corrected chi connectivity index (χ0v) is 17.9. The van der Waals surface area contributed by atoms with Gasteiger partial charge in [-0.15, -0.1) is 11.3 Å². The molecule has 13 heteroatoms. The SMILES string of the molecule is NC1(C2CCC(F)(F)CC2)N=C(c2nc(C(F)F)cs2)NC(=NC2CCC(F)(F)CC2)N1. The van der Waals surface area contributed by atoms with Crippen LogP contribution in [0.15, 0.2) is 15.4 Å². The van der Waals surface area contributed by atoms with Crippen LogP contribution in [0.5, 0.6) is 0 Å². The van der Waals surface area contributed by atoms with Crippen LogP contribution in [0, 0.1) is 5.92 Å².